The number of aromatic nitrogens is 1. The van der Waals surface area contributed by atoms with Gasteiger partial charge in [0.15, 0.2) is 5.78 Å². The fourth-order valence-corrected chi connectivity index (χ4v) is 1.96. The van der Waals surface area contributed by atoms with Crippen molar-refractivity contribution in [2.75, 3.05) is 0 Å². The minimum absolute atomic E-state index is 0. The molecule has 2 nitrogen and oxygen atoms in total. The van der Waals surface area contributed by atoms with Crippen LogP contribution in [0.3, 0.4) is 0 Å². The van der Waals surface area contributed by atoms with E-state index in [0.717, 1.165) is 23.1 Å². The first-order valence-electron chi connectivity index (χ1n) is 8.22. The first-order chi connectivity index (χ1) is 10.1. The van der Waals surface area contributed by atoms with Crippen LogP contribution in [0, 0.1) is 0 Å². The van der Waals surface area contributed by atoms with E-state index >= 15 is 0 Å². The fourth-order valence-electron chi connectivity index (χ4n) is 1.96. The largest absolute Gasteiger partial charge is 0.338 e. The maximum atomic E-state index is 11.7. The van der Waals surface area contributed by atoms with Gasteiger partial charge in [0.25, 0.3) is 0 Å². The molecule has 0 spiro atoms. The maximum absolute atomic E-state index is 11.7. The predicted molar refractivity (Wildman–Crippen MR) is 101 cm³/mol. The summed E-state index contributed by atoms with van der Waals surface area (Å²) in [5.41, 5.74) is 1.98. The Balaban J connectivity index is 0. The SMILES string of the molecule is C.CCC.CCC.CCC(=O)c1cc2ccccc2n1CC. The quantitative estimate of drug-likeness (QED) is 0.577. The average Bonchev–Trinajstić information content (AvgIpc) is 2.86. The fraction of sp³-hybridized carbons (Fsp3) is 0.550. The normalized spacial score (nSPS) is 9.00. The van der Waals surface area contributed by atoms with Gasteiger partial charge in [-0.2, -0.15) is 0 Å². The van der Waals surface area contributed by atoms with Crippen LogP contribution in [0.5, 0.6) is 0 Å². The number of hydrogen-bond donors (Lipinski definition) is 0. The summed E-state index contributed by atoms with van der Waals surface area (Å²) in [6, 6.07) is 10.1. The van der Waals surface area contributed by atoms with Crippen molar-refractivity contribution in [3.8, 4) is 0 Å². The topological polar surface area (TPSA) is 22.0 Å². The molecule has 2 aromatic rings. The summed E-state index contributed by atoms with van der Waals surface area (Å²) in [5.74, 6) is 0.216. The van der Waals surface area contributed by atoms with Crippen molar-refractivity contribution in [3.05, 3.63) is 36.0 Å². The maximum Gasteiger partial charge on any atom is 0.178 e. The minimum Gasteiger partial charge on any atom is -0.338 e. The molecule has 0 bridgehead atoms. The molecule has 1 aromatic carbocycles. The van der Waals surface area contributed by atoms with E-state index in [1.807, 2.05) is 31.2 Å². The number of fused-ring (bicyclic) bond motifs is 1. The van der Waals surface area contributed by atoms with Gasteiger partial charge < -0.3 is 4.57 Å². The standard InChI is InChI=1S/C13H15NO.2C3H8.CH4/c1-3-13(15)12-9-10-7-5-6-8-11(10)14(12)4-2;2*1-3-2;/h5-9H,3-4H2,1-2H3;2*3H2,1-2H3;1H4. The molecule has 1 aromatic heterocycles. The highest BCUT2D eigenvalue weighted by Crippen LogP contribution is 2.20. The zero-order chi connectivity index (χ0) is 16.3. The van der Waals surface area contributed by atoms with Gasteiger partial charge in [-0.3, -0.25) is 4.79 Å². The van der Waals surface area contributed by atoms with Gasteiger partial charge in [-0.1, -0.05) is 73.1 Å². The van der Waals surface area contributed by atoms with Gasteiger partial charge in [0.1, 0.15) is 0 Å². The summed E-state index contributed by atoms with van der Waals surface area (Å²) in [7, 11) is 0. The van der Waals surface area contributed by atoms with Crippen LogP contribution < -0.4 is 0 Å². The van der Waals surface area contributed by atoms with Gasteiger partial charge in [0.05, 0.1) is 5.69 Å². The van der Waals surface area contributed by atoms with E-state index in [9.17, 15) is 4.79 Å². The molecule has 126 valence electrons. The number of carbonyl (C=O) groups excluding carboxylic acids is 1. The second kappa shape index (κ2) is 13.1. The lowest BCUT2D eigenvalue weighted by Gasteiger charge is -2.05. The Bertz CT molecular complexity index is 523. The number of benzene rings is 1. The summed E-state index contributed by atoms with van der Waals surface area (Å²) in [5, 5.41) is 1.15. The van der Waals surface area contributed by atoms with Gasteiger partial charge in [-0.25, -0.2) is 0 Å². The molecule has 2 heteroatoms. The van der Waals surface area contributed by atoms with E-state index in [1.165, 1.54) is 12.8 Å². The molecule has 0 unspecified atom stereocenters. The van der Waals surface area contributed by atoms with Crippen LogP contribution in [0.1, 0.15) is 78.7 Å². The Hall–Kier alpha value is -1.57. The van der Waals surface area contributed by atoms with E-state index < -0.39 is 0 Å². The highest BCUT2D eigenvalue weighted by atomic mass is 16.1. The molecule has 1 heterocycles. The lowest BCUT2D eigenvalue weighted by Crippen LogP contribution is -2.06. The number of aryl methyl sites for hydroxylation is 1. The van der Waals surface area contributed by atoms with Crippen LogP contribution in [0.15, 0.2) is 30.3 Å². The zero-order valence-electron chi connectivity index (χ0n) is 14.6. The van der Waals surface area contributed by atoms with E-state index in [1.54, 1.807) is 0 Å². The Labute approximate surface area is 137 Å². The van der Waals surface area contributed by atoms with Crippen LogP contribution in [0.25, 0.3) is 10.9 Å². The number of carbonyl (C=O) groups is 1. The number of nitrogens with zero attached hydrogens (tertiary/aromatic N) is 1. The first-order valence-corrected chi connectivity index (χ1v) is 8.22. The summed E-state index contributed by atoms with van der Waals surface area (Å²) in [4.78, 5) is 11.7. The number of para-hydroxylation sites is 1. The van der Waals surface area contributed by atoms with E-state index in [-0.39, 0.29) is 13.2 Å². The molecule has 0 amide bonds. The molecule has 0 aliphatic rings. The number of Topliss-reactive ketones (excluding diaryl/α,β-unsaturated/α-hetero) is 1. The third kappa shape index (κ3) is 6.46. The molecule has 0 aliphatic carbocycles. The molecule has 0 radical (unpaired) electrons. The molecule has 22 heavy (non-hydrogen) atoms. The van der Waals surface area contributed by atoms with Crippen LogP contribution in [0.4, 0.5) is 0 Å². The van der Waals surface area contributed by atoms with Crippen molar-refractivity contribution in [3.63, 3.8) is 0 Å². The summed E-state index contributed by atoms with van der Waals surface area (Å²) in [6.45, 7) is 13.3. The monoisotopic (exact) mass is 305 g/mol. The van der Waals surface area contributed by atoms with Gasteiger partial charge >= 0.3 is 0 Å². The molecule has 0 saturated heterocycles. The minimum atomic E-state index is 0. The van der Waals surface area contributed by atoms with Crippen LogP contribution in [-0.2, 0) is 6.54 Å². The average molecular weight is 306 g/mol. The predicted octanol–water partition coefficient (Wildman–Crippen LogP) is 6.72. The van der Waals surface area contributed by atoms with Crippen LogP contribution in [-0.4, -0.2) is 10.4 Å². The molecule has 2 rings (SSSR count). The highest BCUT2D eigenvalue weighted by Gasteiger charge is 2.11. The smallest absolute Gasteiger partial charge is 0.178 e. The second-order valence-electron chi connectivity index (χ2n) is 5.02. The van der Waals surface area contributed by atoms with Crippen LogP contribution >= 0.6 is 0 Å². The third-order valence-corrected chi connectivity index (χ3v) is 2.73. The lowest BCUT2D eigenvalue weighted by molar-refractivity contribution is 0.0980. The number of rotatable bonds is 3. The molecular formula is C20H35NO. The highest BCUT2D eigenvalue weighted by molar-refractivity contribution is 5.99. The Morgan fingerprint density at radius 1 is 0.955 bits per heavy atom. The molecule has 0 aliphatic heterocycles. The molecular weight excluding hydrogens is 270 g/mol. The Morgan fingerprint density at radius 3 is 1.91 bits per heavy atom. The van der Waals surface area contributed by atoms with Gasteiger partial charge in [-0.15, -0.1) is 0 Å². The number of ketones is 1. The van der Waals surface area contributed by atoms with Crippen molar-refractivity contribution < 1.29 is 4.79 Å². The summed E-state index contributed by atoms with van der Waals surface area (Å²) >= 11 is 0. The van der Waals surface area contributed by atoms with Crippen molar-refractivity contribution in [2.45, 2.75) is 74.8 Å². The van der Waals surface area contributed by atoms with Crippen LogP contribution in [0.2, 0.25) is 0 Å². The lowest BCUT2D eigenvalue weighted by atomic mass is 10.2. The molecule has 0 atom stereocenters. The zero-order valence-corrected chi connectivity index (χ0v) is 14.6. The van der Waals surface area contributed by atoms with Crippen molar-refractivity contribution in [2.24, 2.45) is 0 Å². The Kier molecular flexibility index (Phi) is 13.5. The van der Waals surface area contributed by atoms with Crippen molar-refractivity contribution >= 4 is 16.7 Å². The molecule has 0 fully saturated rings. The van der Waals surface area contributed by atoms with Gasteiger partial charge in [0, 0.05) is 23.9 Å². The van der Waals surface area contributed by atoms with Crippen molar-refractivity contribution in [1.29, 1.82) is 0 Å². The van der Waals surface area contributed by atoms with E-state index in [4.69, 9.17) is 0 Å². The van der Waals surface area contributed by atoms with E-state index in [2.05, 4.69) is 45.3 Å². The van der Waals surface area contributed by atoms with Gasteiger partial charge in [-0.05, 0) is 19.1 Å². The van der Waals surface area contributed by atoms with E-state index in [0.29, 0.717) is 6.42 Å². The van der Waals surface area contributed by atoms with Crippen molar-refractivity contribution in [1.82, 2.24) is 4.57 Å². The molecule has 0 N–H and O–H groups in total. The first kappa shape index (κ1) is 22.7. The number of hydrogen-bond acceptors (Lipinski definition) is 1. The third-order valence-electron chi connectivity index (χ3n) is 2.73. The second-order valence-corrected chi connectivity index (χ2v) is 5.02. The summed E-state index contributed by atoms with van der Waals surface area (Å²) in [6.07, 6.45) is 3.07. The summed E-state index contributed by atoms with van der Waals surface area (Å²) < 4.78 is 2.08. The van der Waals surface area contributed by atoms with Gasteiger partial charge in [0.2, 0.25) is 0 Å². The Morgan fingerprint density at radius 2 is 1.45 bits per heavy atom. The molecule has 0 saturated carbocycles.